The molecule has 1 unspecified atom stereocenters. The molecule has 0 spiro atoms. The van der Waals surface area contributed by atoms with Crippen LogP contribution in [0.3, 0.4) is 0 Å². The van der Waals surface area contributed by atoms with Gasteiger partial charge in [-0.2, -0.15) is 0 Å². The molecule has 0 saturated heterocycles. The fourth-order valence-corrected chi connectivity index (χ4v) is 1.97. The maximum Gasteiger partial charge on any atom is 0.305 e. The Labute approximate surface area is 96.1 Å². The highest BCUT2D eigenvalue weighted by Gasteiger charge is 2.51. The molecular weight excluding hydrogens is 208 g/mol. The predicted molar refractivity (Wildman–Crippen MR) is 64.4 cm³/mol. The molecule has 0 aliphatic rings. The molecule has 0 aromatic rings. The van der Waals surface area contributed by atoms with Gasteiger partial charge in [-0.25, -0.2) is 0 Å². The molecule has 0 heterocycles. The maximum absolute atomic E-state index is 11.1. The van der Waals surface area contributed by atoms with Gasteiger partial charge in [0.2, 0.25) is 5.79 Å². The Bertz CT molecular complexity index is 243. The highest BCUT2D eigenvalue weighted by Crippen LogP contribution is 2.48. The van der Waals surface area contributed by atoms with E-state index in [9.17, 15) is 4.79 Å². The van der Waals surface area contributed by atoms with Crippen molar-refractivity contribution < 1.29 is 14.0 Å². The highest BCUT2D eigenvalue weighted by atomic mass is 28.2. The number of ether oxygens (including phenoxy) is 1. The standard InChI is InChI=1S/C11H24O3Si/c1-8(12)13-11(7,14-15)10(5,6)9(2,3)4/h1-7,15H3. The first-order chi connectivity index (χ1) is 6.48. The molecule has 0 radical (unpaired) electrons. The van der Waals surface area contributed by atoms with E-state index >= 15 is 0 Å². The van der Waals surface area contributed by atoms with Crippen LogP contribution in [0.25, 0.3) is 0 Å². The van der Waals surface area contributed by atoms with Crippen molar-refractivity contribution >= 4 is 16.5 Å². The average Bonchev–Trinajstić information content (AvgIpc) is 2.00. The smallest absolute Gasteiger partial charge is 0.305 e. The van der Waals surface area contributed by atoms with Crippen LogP contribution in [0.1, 0.15) is 48.5 Å². The van der Waals surface area contributed by atoms with Crippen molar-refractivity contribution in [2.45, 2.75) is 54.3 Å². The van der Waals surface area contributed by atoms with E-state index in [1.54, 1.807) is 0 Å². The molecule has 0 bridgehead atoms. The number of rotatable bonds is 3. The third-order valence-corrected chi connectivity index (χ3v) is 4.52. The molecule has 4 heteroatoms. The van der Waals surface area contributed by atoms with Crippen LogP contribution in [0.4, 0.5) is 0 Å². The summed E-state index contributed by atoms with van der Waals surface area (Å²) in [7, 11) is 0.540. The molecule has 0 aliphatic carbocycles. The molecule has 1 atom stereocenters. The second kappa shape index (κ2) is 4.26. The number of carbonyl (C=O) groups is 1. The van der Waals surface area contributed by atoms with Crippen molar-refractivity contribution in [2.75, 3.05) is 0 Å². The van der Waals surface area contributed by atoms with Crippen LogP contribution in [0, 0.1) is 10.8 Å². The first-order valence-corrected chi connectivity index (χ1v) is 6.04. The van der Waals surface area contributed by atoms with Crippen LogP contribution in [-0.4, -0.2) is 22.2 Å². The predicted octanol–water partition coefficient (Wildman–Crippen LogP) is 1.64. The molecule has 0 aromatic carbocycles. The van der Waals surface area contributed by atoms with Crippen molar-refractivity contribution in [1.29, 1.82) is 0 Å². The molecule has 0 aliphatic heterocycles. The Kier molecular flexibility index (Phi) is 4.16. The van der Waals surface area contributed by atoms with Crippen LogP contribution in [0.15, 0.2) is 0 Å². The first-order valence-electron chi connectivity index (χ1n) is 5.22. The van der Waals surface area contributed by atoms with Gasteiger partial charge in [-0.1, -0.05) is 34.6 Å². The third-order valence-electron chi connectivity index (χ3n) is 3.74. The Morgan fingerprint density at radius 2 is 1.47 bits per heavy atom. The van der Waals surface area contributed by atoms with Crippen molar-refractivity contribution in [2.24, 2.45) is 10.8 Å². The Morgan fingerprint density at radius 1 is 1.07 bits per heavy atom. The van der Waals surface area contributed by atoms with E-state index in [2.05, 4.69) is 34.6 Å². The Balaban J connectivity index is 5.18. The number of hydrogen-bond donors (Lipinski definition) is 0. The molecule has 0 rings (SSSR count). The van der Waals surface area contributed by atoms with E-state index in [4.69, 9.17) is 9.16 Å². The van der Waals surface area contributed by atoms with Crippen molar-refractivity contribution in [1.82, 2.24) is 0 Å². The Hall–Kier alpha value is -0.353. The van der Waals surface area contributed by atoms with E-state index in [1.807, 2.05) is 6.92 Å². The molecule has 0 fully saturated rings. The van der Waals surface area contributed by atoms with E-state index in [-0.39, 0.29) is 16.8 Å². The molecule has 3 nitrogen and oxygen atoms in total. The van der Waals surface area contributed by atoms with Gasteiger partial charge in [0.25, 0.3) is 0 Å². The van der Waals surface area contributed by atoms with Gasteiger partial charge < -0.3 is 9.16 Å². The highest BCUT2D eigenvalue weighted by molar-refractivity contribution is 5.98. The lowest BCUT2D eigenvalue weighted by Crippen LogP contribution is -2.53. The van der Waals surface area contributed by atoms with E-state index < -0.39 is 5.79 Å². The van der Waals surface area contributed by atoms with Crippen LogP contribution in [0.2, 0.25) is 0 Å². The van der Waals surface area contributed by atoms with E-state index in [1.165, 1.54) is 6.92 Å². The second-order valence-corrected chi connectivity index (χ2v) is 6.03. The number of esters is 1. The van der Waals surface area contributed by atoms with Gasteiger partial charge in [0.15, 0.2) is 10.5 Å². The van der Waals surface area contributed by atoms with Gasteiger partial charge in [0, 0.05) is 19.3 Å². The number of carbonyl (C=O) groups excluding carboxylic acids is 1. The van der Waals surface area contributed by atoms with Crippen molar-refractivity contribution in [3.05, 3.63) is 0 Å². The average molecular weight is 232 g/mol. The number of hydrogen-bond acceptors (Lipinski definition) is 3. The summed E-state index contributed by atoms with van der Waals surface area (Å²) in [5.41, 5.74) is -0.269. The summed E-state index contributed by atoms with van der Waals surface area (Å²) in [4.78, 5) is 11.1. The summed E-state index contributed by atoms with van der Waals surface area (Å²) in [6, 6.07) is 0. The minimum Gasteiger partial charge on any atom is -0.434 e. The SMILES string of the molecule is CC(=O)OC(C)(O[SiH3])C(C)(C)C(C)(C)C. The fourth-order valence-electron chi connectivity index (χ4n) is 1.38. The summed E-state index contributed by atoms with van der Waals surface area (Å²) >= 11 is 0. The summed E-state index contributed by atoms with van der Waals surface area (Å²) in [6.45, 7) is 13.7. The van der Waals surface area contributed by atoms with Gasteiger partial charge >= 0.3 is 5.97 Å². The quantitative estimate of drug-likeness (QED) is 0.421. The van der Waals surface area contributed by atoms with Gasteiger partial charge in [-0.15, -0.1) is 0 Å². The van der Waals surface area contributed by atoms with Crippen LogP contribution >= 0.6 is 0 Å². The van der Waals surface area contributed by atoms with Crippen LogP contribution in [0.5, 0.6) is 0 Å². The van der Waals surface area contributed by atoms with Gasteiger partial charge in [0.05, 0.1) is 0 Å². The largest absolute Gasteiger partial charge is 0.434 e. The zero-order valence-corrected chi connectivity index (χ0v) is 13.2. The van der Waals surface area contributed by atoms with Gasteiger partial charge in [0.1, 0.15) is 0 Å². The third kappa shape index (κ3) is 2.81. The lowest BCUT2D eigenvalue weighted by molar-refractivity contribution is -0.248. The summed E-state index contributed by atoms with van der Waals surface area (Å²) in [6.07, 6.45) is 0. The normalized spacial score (nSPS) is 17.3. The fraction of sp³-hybridized carbons (Fsp3) is 0.909. The lowest BCUT2D eigenvalue weighted by atomic mass is 9.64. The minimum atomic E-state index is -0.844. The van der Waals surface area contributed by atoms with E-state index in [0.717, 1.165) is 0 Å². The second-order valence-electron chi connectivity index (χ2n) is 5.62. The molecule has 0 amide bonds. The summed E-state index contributed by atoms with van der Waals surface area (Å²) in [5.74, 6) is -1.14. The lowest BCUT2D eigenvalue weighted by Gasteiger charge is -2.50. The molecule has 90 valence electrons. The summed E-state index contributed by atoms with van der Waals surface area (Å²) in [5, 5.41) is 0. The monoisotopic (exact) mass is 232 g/mol. The van der Waals surface area contributed by atoms with Crippen LogP contribution < -0.4 is 0 Å². The Morgan fingerprint density at radius 3 is 1.67 bits per heavy atom. The minimum absolute atomic E-state index is 0.0123. The van der Waals surface area contributed by atoms with Gasteiger partial charge in [-0.3, -0.25) is 4.79 Å². The summed E-state index contributed by atoms with van der Waals surface area (Å²) < 4.78 is 10.9. The topological polar surface area (TPSA) is 35.5 Å². The zero-order chi connectivity index (χ0) is 12.5. The van der Waals surface area contributed by atoms with Gasteiger partial charge in [-0.05, 0) is 5.41 Å². The van der Waals surface area contributed by atoms with E-state index in [0.29, 0.717) is 10.5 Å². The zero-order valence-electron chi connectivity index (χ0n) is 11.2. The first kappa shape index (κ1) is 14.6. The van der Waals surface area contributed by atoms with Crippen LogP contribution in [-0.2, 0) is 14.0 Å². The molecular formula is C11H24O3Si. The van der Waals surface area contributed by atoms with Crippen molar-refractivity contribution in [3.8, 4) is 0 Å². The molecule has 15 heavy (non-hydrogen) atoms. The molecule has 0 saturated carbocycles. The molecule has 0 N–H and O–H groups in total. The van der Waals surface area contributed by atoms with Crippen molar-refractivity contribution in [3.63, 3.8) is 0 Å². The molecule has 0 aromatic heterocycles. The maximum atomic E-state index is 11.1.